The second-order valence-corrected chi connectivity index (χ2v) is 8.17. The molecule has 0 radical (unpaired) electrons. The molecule has 0 aliphatic carbocycles. The molecule has 0 bridgehead atoms. The summed E-state index contributed by atoms with van der Waals surface area (Å²) in [5, 5.41) is 5.63. The van der Waals surface area contributed by atoms with Gasteiger partial charge in [0.25, 0.3) is 5.91 Å². The van der Waals surface area contributed by atoms with Gasteiger partial charge in [-0.1, -0.05) is 12.1 Å². The Morgan fingerprint density at radius 1 is 0.829 bits per heavy atom. The van der Waals surface area contributed by atoms with Crippen LogP contribution in [0.2, 0.25) is 0 Å². The van der Waals surface area contributed by atoms with Crippen molar-refractivity contribution in [3.05, 3.63) is 77.9 Å². The molecule has 3 aromatic carbocycles. The number of carbonyl (C=O) groups is 3. The van der Waals surface area contributed by atoms with Gasteiger partial charge >= 0.3 is 5.97 Å². The van der Waals surface area contributed by atoms with E-state index in [1.807, 2.05) is 0 Å². The summed E-state index contributed by atoms with van der Waals surface area (Å²) >= 11 is 1.25. The predicted octanol–water partition coefficient (Wildman–Crippen LogP) is 4.86. The predicted molar refractivity (Wildman–Crippen MR) is 136 cm³/mol. The lowest BCUT2D eigenvalue weighted by Gasteiger charge is -2.12. The minimum atomic E-state index is -0.418. The van der Waals surface area contributed by atoms with Gasteiger partial charge in [0.05, 0.1) is 37.7 Å². The van der Waals surface area contributed by atoms with Crippen molar-refractivity contribution >= 4 is 40.9 Å². The van der Waals surface area contributed by atoms with Crippen LogP contribution in [0, 0.1) is 0 Å². The van der Waals surface area contributed by atoms with E-state index in [1.54, 1.807) is 80.8 Å². The van der Waals surface area contributed by atoms with Crippen molar-refractivity contribution in [2.75, 3.05) is 37.2 Å². The summed E-state index contributed by atoms with van der Waals surface area (Å²) in [6.45, 7) is 2.03. The van der Waals surface area contributed by atoms with Gasteiger partial charge in [-0.3, -0.25) is 9.59 Å². The van der Waals surface area contributed by atoms with Gasteiger partial charge < -0.3 is 24.8 Å². The third kappa shape index (κ3) is 7.00. The lowest BCUT2D eigenvalue weighted by atomic mass is 10.2. The first-order chi connectivity index (χ1) is 16.9. The van der Waals surface area contributed by atoms with Crippen LogP contribution in [-0.4, -0.2) is 44.4 Å². The molecule has 0 spiro atoms. The van der Waals surface area contributed by atoms with Crippen LogP contribution in [-0.2, 0) is 9.53 Å². The van der Waals surface area contributed by atoms with E-state index in [2.05, 4.69) is 10.6 Å². The minimum absolute atomic E-state index is 0.104. The van der Waals surface area contributed by atoms with Crippen LogP contribution in [0.4, 0.5) is 11.4 Å². The van der Waals surface area contributed by atoms with Gasteiger partial charge in [-0.25, -0.2) is 4.79 Å². The summed E-state index contributed by atoms with van der Waals surface area (Å²) in [5.74, 6) is 0.209. The molecule has 8 nitrogen and oxygen atoms in total. The van der Waals surface area contributed by atoms with Gasteiger partial charge in [-0.05, 0) is 55.5 Å². The van der Waals surface area contributed by atoms with Crippen molar-refractivity contribution in [3.63, 3.8) is 0 Å². The zero-order valence-electron chi connectivity index (χ0n) is 19.6. The summed E-state index contributed by atoms with van der Waals surface area (Å²) < 4.78 is 15.4. The first-order valence-corrected chi connectivity index (χ1v) is 11.8. The molecule has 0 saturated carbocycles. The molecule has 0 aliphatic heterocycles. The number of amides is 2. The van der Waals surface area contributed by atoms with Crippen LogP contribution in [0.25, 0.3) is 0 Å². The van der Waals surface area contributed by atoms with Crippen molar-refractivity contribution < 1.29 is 28.6 Å². The molecule has 35 heavy (non-hydrogen) atoms. The van der Waals surface area contributed by atoms with Crippen LogP contribution in [0.5, 0.6) is 11.5 Å². The second-order valence-electron chi connectivity index (χ2n) is 7.15. The van der Waals surface area contributed by atoms with Gasteiger partial charge in [0.15, 0.2) is 11.5 Å². The highest BCUT2D eigenvalue weighted by Gasteiger charge is 2.14. The third-order valence-corrected chi connectivity index (χ3v) is 5.89. The molecular weight excluding hydrogens is 468 g/mol. The molecule has 182 valence electrons. The first-order valence-electron chi connectivity index (χ1n) is 10.8. The molecule has 3 rings (SSSR count). The van der Waals surface area contributed by atoms with Gasteiger partial charge in [0, 0.05) is 22.3 Å². The summed E-state index contributed by atoms with van der Waals surface area (Å²) in [6.07, 6.45) is 0. The van der Waals surface area contributed by atoms with Crippen LogP contribution < -0.4 is 20.1 Å². The number of thioether (sulfide) groups is 1. The Morgan fingerprint density at radius 3 is 2.20 bits per heavy atom. The van der Waals surface area contributed by atoms with E-state index >= 15 is 0 Å². The van der Waals surface area contributed by atoms with Crippen LogP contribution in [0.15, 0.2) is 71.6 Å². The average Bonchev–Trinajstić information content (AvgIpc) is 2.88. The number of methoxy groups -OCH3 is 2. The maximum Gasteiger partial charge on any atom is 0.338 e. The number of rotatable bonds is 10. The number of esters is 1. The van der Waals surface area contributed by atoms with Gasteiger partial charge in [-0.2, -0.15) is 0 Å². The number of ether oxygens (including phenoxy) is 3. The number of anilines is 2. The standard InChI is InChI=1S/C26H26N2O6S/c1-4-34-26(31)17-9-11-18(12-10-17)28-25(30)20-7-5-6-8-23(20)35-16-24(29)27-19-13-14-21(32-2)22(15-19)33-3/h5-15H,4,16H2,1-3H3,(H,27,29)(H,28,30). The Hall–Kier alpha value is -3.98. The molecule has 0 fully saturated rings. The van der Waals surface area contributed by atoms with Crippen molar-refractivity contribution in [1.82, 2.24) is 0 Å². The fourth-order valence-electron chi connectivity index (χ4n) is 3.14. The fourth-order valence-corrected chi connectivity index (χ4v) is 3.99. The SMILES string of the molecule is CCOC(=O)c1ccc(NC(=O)c2ccccc2SCC(=O)Nc2ccc(OC)c(OC)c2)cc1. The molecule has 0 atom stereocenters. The van der Waals surface area contributed by atoms with Crippen LogP contribution >= 0.6 is 11.8 Å². The Labute approximate surface area is 208 Å². The summed E-state index contributed by atoms with van der Waals surface area (Å²) in [4.78, 5) is 37.8. The van der Waals surface area contributed by atoms with Crippen molar-refractivity contribution in [2.45, 2.75) is 11.8 Å². The summed E-state index contributed by atoms with van der Waals surface area (Å²) in [6, 6.07) is 18.6. The highest BCUT2D eigenvalue weighted by molar-refractivity contribution is 8.00. The van der Waals surface area contributed by atoms with Crippen LogP contribution in [0.3, 0.4) is 0 Å². The number of nitrogens with one attached hydrogen (secondary N) is 2. The van der Waals surface area contributed by atoms with Crippen molar-refractivity contribution in [2.24, 2.45) is 0 Å². The van der Waals surface area contributed by atoms with E-state index in [0.29, 0.717) is 38.9 Å². The molecular formula is C26H26N2O6S. The molecule has 2 amide bonds. The summed E-state index contributed by atoms with van der Waals surface area (Å²) in [5.41, 5.74) is 1.95. The lowest BCUT2D eigenvalue weighted by Crippen LogP contribution is -2.16. The third-order valence-electron chi connectivity index (χ3n) is 4.81. The van der Waals surface area contributed by atoms with Gasteiger partial charge in [0.1, 0.15) is 0 Å². The van der Waals surface area contributed by atoms with Gasteiger partial charge in [-0.15, -0.1) is 11.8 Å². The van der Waals surface area contributed by atoms with E-state index in [9.17, 15) is 14.4 Å². The molecule has 0 saturated heterocycles. The highest BCUT2D eigenvalue weighted by Crippen LogP contribution is 2.30. The Bertz CT molecular complexity index is 1200. The molecule has 9 heteroatoms. The average molecular weight is 495 g/mol. The number of benzene rings is 3. The molecule has 0 aromatic heterocycles. The van der Waals surface area contributed by atoms with Crippen molar-refractivity contribution in [1.29, 1.82) is 0 Å². The maximum atomic E-state index is 12.9. The maximum absolute atomic E-state index is 12.9. The topological polar surface area (TPSA) is 103 Å². The molecule has 0 aliphatic rings. The smallest absolute Gasteiger partial charge is 0.338 e. The molecule has 3 aromatic rings. The van der Waals surface area contributed by atoms with E-state index < -0.39 is 5.97 Å². The number of hydrogen-bond donors (Lipinski definition) is 2. The Morgan fingerprint density at radius 2 is 1.51 bits per heavy atom. The molecule has 0 heterocycles. The zero-order chi connectivity index (χ0) is 25.2. The molecule has 2 N–H and O–H groups in total. The first kappa shape index (κ1) is 25.6. The normalized spacial score (nSPS) is 10.3. The lowest BCUT2D eigenvalue weighted by molar-refractivity contribution is -0.113. The van der Waals surface area contributed by atoms with E-state index in [1.165, 1.54) is 18.9 Å². The van der Waals surface area contributed by atoms with E-state index in [4.69, 9.17) is 14.2 Å². The Kier molecular flexibility index (Phi) is 9.14. The number of carbonyl (C=O) groups excluding carboxylic acids is 3. The monoisotopic (exact) mass is 494 g/mol. The van der Waals surface area contributed by atoms with Crippen LogP contribution in [0.1, 0.15) is 27.6 Å². The largest absolute Gasteiger partial charge is 0.493 e. The Balaban J connectivity index is 1.62. The summed E-state index contributed by atoms with van der Waals surface area (Å²) in [7, 11) is 3.06. The van der Waals surface area contributed by atoms with Crippen molar-refractivity contribution in [3.8, 4) is 11.5 Å². The quantitative estimate of drug-likeness (QED) is 0.306. The molecule has 0 unspecified atom stereocenters. The van der Waals surface area contributed by atoms with Gasteiger partial charge in [0.2, 0.25) is 5.91 Å². The minimum Gasteiger partial charge on any atom is -0.493 e. The second kappa shape index (κ2) is 12.5. The van der Waals surface area contributed by atoms with E-state index in [-0.39, 0.29) is 24.2 Å². The zero-order valence-corrected chi connectivity index (χ0v) is 20.4. The highest BCUT2D eigenvalue weighted by atomic mass is 32.2. The van der Waals surface area contributed by atoms with E-state index in [0.717, 1.165) is 0 Å². The number of hydrogen-bond acceptors (Lipinski definition) is 7. The fraction of sp³-hybridized carbons (Fsp3) is 0.192.